The zero-order chi connectivity index (χ0) is 21.6. The Hall–Kier alpha value is -2.97. The number of thioether (sulfide) groups is 1. The maximum atomic E-state index is 13.1. The van der Waals surface area contributed by atoms with Gasteiger partial charge >= 0.3 is 0 Å². The van der Waals surface area contributed by atoms with Gasteiger partial charge in [0.05, 0.1) is 24.9 Å². The molecule has 2 aromatic carbocycles. The number of amides is 1. The molecule has 3 aromatic rings. The number of carbonyl (C=O) groups excluding carboxylic acids is 1. The molecule has 4 rings (SSSR count). The Balaban J connectivity index is 1.47. The van der Waals surface area contributed by atoms with Crippen LogP contribution in [0.3, 0.4) is 0 Å². The summed E-state index contributed by atoms with van der Waals surface area (Å²) in [5.41, 5.74) is 2.61. The summed E-state index contributed by atoms with van der Waals surface area (Å²) in [6, 6.07) is 15.4. The molecule has 8 heteroatoms. The molecule has 6 nitrogen and oxygen atoms in total. The number of hydrogen-bond donors (Lipinski definition) is 1. The van der Waals surface area contributed by atoms with E-state index in [4.69, 9.17) is 9.47 Å². The van der Waals surface area contributed by atoms with Gasteiger partial charge in [-0.25, -0.2) is 4.98 Å². The average Bonchev–Trinajstić information content (AvgIpc) is 3.47. The van der Waals surface area contributed by atoms with Gasteiger partial charge in [-0.2, -0.15) is 0 Å². The summed E-state index contributed by atoms with van der Waals surface area (Å²) in [4.78, 5) is 19.6. The fourth-order valence-corrected chi connectivity index (χ4v) is 4.89. The third-order valence-electron chi connectivity index (χ3n) is 4.79. The van der Waals surface area contributed by atoms with Crippen LogP contribution in [0.5, 0.6) is 11.5 Å². The maximum Gasteiger partial charge on any atom is 0.258 e. The van der Waals surface area contributed by atoms with E-state index in [-0.39, 0.29) is 5.91 Å². The van der Waals surface area contributed by atoms with Gasteiger partial charge in [0.2, 0.25) is 0 Å². The first-order chi connectivity index (χ1) is 15.2. The number of nitrogens with zero attached hydrogens (tertiary/aromatic N) is 2. The molecule has 1 N–H and O–H groups in total. The number of methoxy groups -OCH3 is 2. The van der Waals surface area contributed by atoms with E-state index in [1.54, 1.807) is 60.4 Å². The van der Waals surface area contributed by atoms with Gasteiger partial charge < -0.3 is 19.7 Å². The lowest BCUT2D eigenvalue weighted by Crippen LogP contribution is -2.26. The minimum Gasteiger partial charge on any atom is -0.493 e. The first-order valence-electron chi connectivity index (χ1n) is 9.79. The molecule has 2 heterocycles. The van der Waals surface area contributed by atoms with E-state index in [0.29, 0.717) is 23.6 Å². The van der Waals surface area contributed by atoms with Crippen molar-refractivity contribution in [2.24, 2.45) is 0 Å². The minimum absolute atomic E-state index is 0.0603. The van der Waals surface area contributed by atoms with Crippen molar-refractivity contribution < 1.29 is 14.3 Å². The Morgan fingerprint density at radius 1 is 1.16 bits per heavy atom. The van der Waals surface area contributed by atoms with Crippen molar-refractivity contribution in [3.05, 3.63) is 75.8 Å². The van der Waals surface area contributed by atoms with Crippen LogP contribution in [-0.4, -0.2) is 42.3 Å². The van der Waals surface area contributed by atoms with Gasteiger partial charge in [-0.3, -0.25) is 4.79 Å². The zero-order valence-corrected chi connectivity index (χ0v) is 19.0. The van der Waals surface area contributed by atoms with Crippen molar-refractivity contribution in [1.82, 2.24) is 9.88 Å². The number of anilines is 1. The van der Waals surface area contributed by atoms with Crippen molar-refractivity contribution in [3.8, 4) is 11.5 Å². The van der Waals surface area contributed by atoms with Crippen LogP contribution >= 0.6 is 23.1 Å². The molecule has 1 saturated heterocycles. The third kappa shape index (κ3) is 5.03. The number of benzene rings is 2. The van der Waals surface area contributed by atoms with Crippen molar-refractivity contribution in [2.45, 2.75) is 6.54 Å². The van der Waals surface area contributed by atoms with E-state index in [0.717, 1.165) is 28.2 Å². The van der Waals surface area contributed by atoms with E-state index in [1.807, 2.05) is 29.7 Å². The predicted molar refractivity (Wildman–Crippen MR) is 127 cm³/mol. The van der Waals surface area contributed by atoms with Crippen molar-refractivity contribution >= 4 is 40.2 Å². The summed E-state index contributed by atoms with van der Waals surface area (Å²) in [7, 11) is 3.14. The molecule has 31 heavy (non-hydrogen) atoms. The van der Waals surface area contributed by atoms with E-state index in [9.17, 15) is 4.79 Å². The van der Waals surface area contributed by atoms with Crippen LogP contribution < -0.4 is 14.8 Å². The molecule has 0 unspecified atom stereocenters. The largest absolute Gasteiger partial charge is 0.493 e. The molecular weight excluding hydrogens is 430 g/mol. The number of aromatic nitrogens is 1. The lowest BCUT2D eigenvalue weighted by atomic mass is 10.1. The van der Waals surface area contributed by atoms with Gasteiger partial charge in [-0.15, -0.1) is 23.1 Å². The first kappa shape index (κ1) is 21.3. The quantitative estimate of drug-likeness (QED) is 0.546. The third-order valence-corrected chi connectivity index (χ3v) is 6.63. The second-order valence-electron chi connectivity index (χ2n) is 6.77. The Kier molecular flexibility index (Phi) is 6.79. The Morgan fingerprint density at radius 3 is 2.74 bits per heavy atom. The number of carbonyl (C=O) groups is 1. The highest BCUT2D eigenvalue weighted by Crippen LogP contribution is 2.34. The molecule has 1 fully saturated rings. The smallest absolute Gasteiger partial charge is 0.258 e. The Bertz CT molecular complexity index is 1080. The van der Waals surface area contributed by atoms with Gasteiger partial charge in [-0.05, 0) is 29.8 Å². The number of hydrogen-bond acceptors (Lipinski definition) is 7. The number of rotatable bonds is 7. The molecule has 0 saturated carbocycles. The van der Waals surface area contributed by atoms with Crippen LogP contribution in [0, 0.1) is 0 Å². The normalized spacial score (nSPS) is 14.6. The standard InChI is InChI=1S/C23H23N3O3S2/c1-28-19-9-8-17(12-20(19)29-2)22(27)26-10-11-30-21(26)13-18-15-31-23(25-18)24-14-16-6-4-3-5-7-16/h3-9,12-13,15H,10-11,14H2,1-2H3,(H,24,25)/b21-13+. The Morgan fingerprint density at radius 2 is 1.97 bits per heavy atom. The molecule has 1 aliphatic rings. The van der Waals surface area contributed by atoms with Gasteiger partial charge in [-0.1, -0.05) is 30.3 Å². The Labute approximate surface area is 189 Å². The summed E-state index contributed by atoms with van der Waals surface area (Å²) in [5.74, 6) is 1.94. The van der Waals surface area contributed by atoms with Crippen molar-refractivity contribution in [1.29, 1.82) is 0 Å². The van der Waals surface area contributed by atoms with Gasteiger partial charge in [0.25, 0.3) is 5.91 Å². The van der Waals surface area contributed by atoms with Crippen LogP contribution in [0.15, 0.2) is 58.9 Å². The number of nitrogens with one attached hydrogen (secondary N) is 1. The second kappa shape index (κ2) is 9.89. The summed E-state index contributed by atoms with van der Waals surface area (Å²) < 4.78 is 10.6. The van der Waals surface area contributed by atoms with E-state index < -0.39 is 0 Å². The molecule has 0 aliphatic carbocycles. The number of thiazole rings is 1. The topological polar surface area (TPSA) is 63.7 Å². The molecule has 1 aliphatic heterocycles. The molecular formula is C23H23N3O3S2. The van der Waals surface area contributed by atoms with Crippen LogP contribution in [0.4, 0.5) is 5.13 Å². The van der Waals surface area contributed by atoms with Gasteiger partial charge in [0.1, 0.15) is 0 Å². The van der Waals surface area contributed by atoms with E-state index >= 15 is 0 Å². The highest BCUT2D eigenvalue weighted by molar-refractivity contribution is 8.03. The average molecular weight is 454 g/mol. The van der Waals surface area contributed by atoms with E-state index in [2.05, 4.69) is 22.4 Å². The summed E-state index contributed by atoms with van der Waals surface area (Å²) in [6.07, 6.45) is 1.97. The highest BCUT2D eigenvalue weighted by Gasteiger charge is 2.26. The fraction of sp³-hybridized carbons (Fsp3) is 0.217. The monoisotopic (exact) mass is 453 g/mol. The molecule has 160 valence electrons. The fourth-order valence-electron chi connectivity index (χ4n) is 3.21. The molecule has 0 bridgehead atoms. The molecule has 0 atom stereocenters. The zero-order valence-electron chi connectivity index (χ0n) is 17.3. The number of ether oxygens (including phenoxy) is 2. The predicted octanol–water partition coefficient (Wildman–Crippen LogP) is 4.96. The highest BCUT2D eigenvalue weighted by atomic mass is 32.2. The van der Waals surface area contributed by atoms with Gasteiger partial charge in [0.15, 0.2) is 16.6 Å². The summed E-state index contributed by atoms with van der Waals surface area (Å²) >= 11 is 3.22. The van der Waals surface area contributed by atoms with Crippen LogP contribution in [0.2, 0.25) is 0 Å². The molecule has 0 spiro atoms. The van der Waals surface area contributed by atoms with Crippen LogP contribution in [-0.2, 0) is 6.54 Å². The van der Waals surface area contributed by atoms with Crippen molar-refractivity contribution in [3.63, 3.8) is 0 Å². The summed E-state index contributed by atoms with van der Waals surface area (Å²) in [6.45, 7) is 1.38. The molecule has 1 aromatic heterocycles. The lowest BCUT2D eigenvalue weighted by Gasteiger charge is -2.18. The minimum atomic E-state index is -0.0603. The maximum absolute atomic E-state index is 13.1. The van der Waals surface area contributed by atoms with Crippen molar-refractivity contribution in [2.75, 3.05) is 31.8 Å². The summed E-state index contributed by atoms with van der Waals surface area (Å²) in [5, 5.41) is 7.11. The molecule has 1 amide bonds. The van der Waals surface area contributed by atoms with E-state index in [1.165, 1.54) is 5.56 Å². The lowest BCUT2D eigenvalue weighted by molar-refractivity contribution is 0.0830. The first-order valence-corrected chi connectivity index (χ1v) is 11.7. The SMILES string of the molecule is COc1ccc(C(=O)N2CCS/C2=C/c2csc(NCc3ccccc3)n2)cc1OC. The van der Waals surface area contributed by atoms with Crippen LogP contribution in [0.25, 0.3) is 6.08 Å². The second-order valence-corrected chi connectivity index (χ2v) is 8.75. The van der Waals surface area contributed by atoms with Gasteiger partial charge in [0, 0.05) is 29.8 Å². The van der Waals surface area contributed by atoms with Crippen LogP contribution in [0.1, 0.15) is 21.6 Å². The molecule has 0 radical (unpaired) electrons.